The van der Waals surface area contributed by atoms with Gasteiger partial charge in [-0.05, 0) is 19.3 Å². The number of hydrogen-bond acceptors (Lipinski definition) is 2. The molecule has 2 heterocycles. The van der Waals surface area contributed by atoms with E-state index in [4.69, 9.17) is 16.6 Å². The van der Waals surface area contributed by atoms with Crippen LogP contribution in [0.4, 0.5) is 0 Å². The quantitative estimate of drug-likeness (QED) is 0.789. The molecule has 0 spiro atoms. The van der Waals surface area contributed by atoms with Gasteiger partial charge in [-0.2, -0.15) is 5.10 Å². The van der Waals surface area contributed by atoms with Crippen LogP contribution in [0.15, 0.2) is 0 Å². The van der Waals surface area contributed by atoms with Gasteiger partial charge in [0.25, 0.3) is 0 Å². The van der Waals surface area contributed by atoms with Crippen molar-refractivity contribution in [3.8, 4) is 0 Å². The Morgan fingerprint density at radius 2 is 1.95 bits per heavy atom. The van der Waals surface area contributed by atoms with E-state index in [1.165, 1.54) is 0 Å². The van der Waals surface area contributed by atoms with Gasteiger partial charge in [0.2, 0.25) is 0 Å². The van der Waals surface area contributed by atoms with Gasteiger partial charge in [0.15, 0.2) is 5.65 Å². The number of fused-ring (bicyclic) bond motifs is 1. The Bertz CT molecular complexity index is 568. The zero-order chi connectivity index (χ0) is 14.2. The minimum atomic E-state index is 0.392. The lowest BCUT2D eigenvalue weighted by atomic mass is 10.1. The average Bonchev–Trinajstić information content (AvgIpc) is 2.87. The van der Waals surface area contributed by atoms with Crippen molar-refractivity contribution in [2.75, 3.05) is 5.88 Å². The third kappa shape index (κ3) is 2.38. The smallest absolute Gasteiger partial charge is 0.158 e. The Balaban J connectivity index is 2.69. The molecular weight excluding hydrogens is 260 g/mol. The molecule has 5 heteroatoms. The Labute approximate surface area is 119 Å². The standard InChI is InChI=1S/C14H23ClN4/c1-6-11-13-14(18(5)17-11)19(10(4)9(2)3)12(16-13)7-8-15/h9-10H,6-8H2,1-5H3. The Hall–Kier alpha value is -1.03. The molecule has 0 N–H and O–H groups in total. The summed E-state index contributed by atoms with van der Waals surface area (Å²) in [5.74, 6) is 2.23. The first-order chi connectivity index (χ1) is 9.01. The van der Waals surface area contributed by atoms with Crippen molar-refractivity contribution in [3.63, 3.8) is 0 Å². The molecule has 19 heavy (non-hydrogen) atoms. The number of hydrogen-bond donors (Lipinski definition) is 0. The van der Waals surface area contributed by atoms with Crippen LogP contribution in [0.1, 0.15) is 45.3 Å². The summed E-state index contributed by atoms with van der Waals surface area (Å²) < 4.78 is 4.27. The zero-order valence-corrected chi connectivity index (χ0v) is 13.2. The number of nitrogens with zero attached hydrogens (tertiary/aromatic N) is 4. The van der Waals surface area contributed by atoms with Gasteiger partial charge in [-0.15, -0.1) is 11.6 Å². The maximum Gasteiger partial charge on any atom is 0.158 e. The van der Waals surface area contributed by atoms with Gasteiger partial charge in [0.1, 0.15) is 11.3 Å². The third-order valence-electron chi connectivity index (χ3n) is 3.83. The molecule has 0 bridgehead atoms. The monoisotopic (exact) mass is 282 g/mol. The number of aryl methyl sites for hydroxylation is 3. The van der Waals surface area contributed by atoms with Crippen molar-refractivity contribution in [3.05, 3.63) is 11.5 Å². The Morgan fingerprint density at radius 1 is 1.26 bits per heavy atom. The lowest BCUT2D eigenvalue weighted by Crippen LogP contribution is -2.16. The first kappa shape index (κ1) is 14.4. The molecule has 2 aromatic rings. The number of halogens is 1. The van der Waals surface area contributed by atoms with Crippen LogP contribution in [0.2, 0.25) is 0 Å². The molecule has 2 rings (SSSR count). The van der Waals surface area contributed by atoms with Crippen molar-refractivity contribution in [1.29, 1.82) is 0 Å². The number of imidazole rings is 1. The molecule has 0 amide bonds. The van der Waals surface area contributed by atoms with Crippen LogP contribution in [0.25, 0.3) is 11.2 Å². The highest BCUT2D eigenvalue weighted by Gasteiger charge is 2.22. The minimum absolute atomic E-state index is 0.392. The molecule has 0 saturated heterocycles. The maximum absolute atomic E-state index is 5.92. The second kappa shape index (κ2) is 5.53. The number of alkyl halides is 1. The highest BCUT2D eigenvalue weighted by Crippen LogP contribution is 2.27. The lowest BCUT2D eigenvalue weighted by Gasteiger charge is -2.20. The molecule has 0 aromatic carbocycles. The minimum Gasteiger partial charge on any atom is -0.310 e. The molecule has 0 aliphatic carbocycles. The summed E-state index contributed by atoms with van der Waals surface area (Å²) >= 11 is 5.92. The average molecular weight is 283 g/mol. The highest BCUT2D eigenvalue weighted by atomic mass is 35.5. The van der Waals surface area contributed by atoms with E-state index < -0.39 is 0 Å². The van der Waals surface area contributed by atoms with E-state index in [-0.39, 0.29) is 0 Å². The molecule has 0 saturated carbocycles. The van der Waals surface area contributed by atoms with E-state index in [0.29, 0.717) is 17.8 Å². The molecule has 0 aliphatic rings. The first-order valence-electron chi connectivity index (χ1n) is 6.99. The van der Waals surface area contributed by atoms with E-state index in [9.17, 15) is 0 Å². The third-order valence-corrected chi connectivity index (χ3v) is 4.02. The molecule has 1 atom stereocenters. The van der Waals surface area contributed by atoms with Gasteiger partial charge < -0.3 is 4.57 Å². The van der Waals surface area contributed by atoms with Crippen LogP contribution >= 0.6 is 11.6 Å². The molecule has 2 aromatic heterocycles. The summed E-state index contributed by atoms with van der Waals surface area (Å²) in [7, 11) is 2.00. The van der Waals surface area contributed by atoms with Crippen LogP contribution in [0, 0.1) is 5.92 Å². The van der Waals surface area contributed by atoms with Gasteiger partial charge in [0, 0.05) is 25.4 Å². The topological polar surface area (TPSA) is 35.6 Å². The molecule has 0 radical (unpaired) electrons. The second-order valence-electron chi connectivity index (χ2n) is 5.42. The van der Waals surface area contributed by atoms with Gasteiger partial charge >= 0.3 is 0 Å². The van der Waals surface area contributed by atoms with E-state index in [1.807, 2.05) is 11.7 Å². The molecule has 1 unspecified atom stereocenters. The fraction of sp³-hybridized carbons (Fsp3) is 0.714. The van der Waals surface area contributed by atoms with E-state index >= 15 is 0 Å². The predicted octanol–water partition coefficient (Wildman–Crippen LogP) is 3.33. The Kier molecular flexibility index (Phi) is 4.19. The molecule has 4 nitrogen and oxygen atoms in total. The van der Waals surface area contributed by atoms with Crippen molar-refractivity contribution < 1.29 is 0 Å². The van der Waals surface area contributed by atoms with Gasteiger partial charge in [0.05, 0.1) is 5.69 Å². The first-order valence-corrected chi connectivity index (χ1v) is 7.53. The van der Waals surface area contributed by atoms with Crippen molar-refractivity contribution >= 4 is 22.8 Å². The van der Waals surface area contributed by atoms with Crippen molar-refractivity contribution in [1.82, 2.24) is 19.3 Å². The number of aromatic nitrogens is 4. The van der Waals surface area contributed by atoms with Gasteiger partial charge in [-0.3, -0.25) is 4.68 Å². The van der Waals surface area contributed by atoms with Crippen LogP contribution in [0.3, 0.4) is 0 Å². The van der Waals surface area contributed by atoms with Crippen LogP contribution in [0.5, 0.6) is 0 Å². The van der Waals surface area contributed by atoms with E-state index in [2.05, 4.69) is 37.4 Å². The SMILES string of the molecule is CCc1nn(C)c2c1nc(CCCl)n2C(C)C(C)C. The fourth-order valence-electron chi connectivity index (χ4n) is 2.47. The summed E-state index contributed by atoms with van der Waals surface area (Å²) in [5, 5.41) is 4.57. The lowest BCUT2D eigenvalue weighted by molar-refractivity contribution is 0.401. The van der Waals surface area contributed by atoms with Crippen LogP contribution < -0.4 is 0 Å². The normalized spacial score (nSPS) is 13.6. The summed E-state index contributed by atoms with van der Waals surface area (Å²) in [6, 6.07) is 0.392. The highest BCUT2D eigenvalue weighted by molar-refractivity contribution is 6.17. The molecule has 0 aliphatic heterocycles. The van der Waals surface area contributed by atoms with Gasteiger partial charge in [-0.25, -0.2) is 4.98 Å². The fourth-order valence-corrected chi connectivity index (χ4v) is 2.64. The Morgan fingerprint density at radius 3 is 2.47 bits per heavy atom. The van der Waals surface area contributed by atoms with Gasteiger partial charge in [-0.1, -0.05) is 20.8 Å². The molecular formula is C14H23ClN4. The zero-order valence-electron chi connectivity index (χ0n) is 12.4. The van der Waals surface area contributed by atoms with Crippen molar-refractivity contribution in [2.24, 2.45) is 13.0 Å². The summed E-state index contributed by atoms with van der Waals surface area (Å²) in [6.45, 7) is 8.83. The number of rotatable bonds is 5. The summed E-state index contributed by atoms with van der Waals surface area (Å²) in [4.78, 5) is 4.79. The second-order valence-corrected chi connectivity index (χ2v) is 5.80. The molecule has 0 fully saturated rings. The van der Waals surface area contributed by atoms with E-state index in [0.717, 1.165) is 35.5 Å². The van der Waals surface area contributed by atoms with Crippen LogP contribution in [-0.2, 0) is 19.9 Å². The van der Waals surface area contributed by atoms with Crippen LogP contribution in [-0.4, -0.2) is 25.2 Å². The summed E-state index contributed by atoms with van der Waals surface area (Å²) in [6.07, 6.45) is 1.71. The maximum atomic E-state index is 5.92. The summed E-state index contributed by atoms with van der Waals surface area (Å²) in [5.41, 5.74) is 3.24. The van der Waals surface area contributed by atoms with Crippen molar-refractivity contribution in [2.45, 2.75) is 46.6 Å². The molecule has 106 valence electrons. The largest absolute Gasteiger partial charge is 0.310 e. The predicted molar refractivity (Wildman–Crippen MR) is 79.9 cm³/mol. The van der Waals surface area contributed by atoms with E-state index in [1.54, 1.807) is 0 Å².